The van der Waals surface area contributed by atoms with Crippen molar-refractivity contribution in [3.8, 4) is 5.75 Å². The molecule has 6 heteroatoms. The van der Waals surface area contributed by atoms with Gasteiger partial charge in [-0.3, -0.25) is 4.79 Å². The summed E-state index contributed by atoms with van der Waals surface area (Å²) < 4.78 is 30.6. The number of aryl methyl sites for hydroxylation is 1. The van der Waals surface area contributed by atoms with E-state index >= 15 is 0 Å². The van der Waals surface area contributed by atoms with Crippen LogP contribution in [0.2, 0.25) is 0 Å². The monoisotopic (exact) mass is 373 g/mol. The van der Waals surface area contributed by atoms with Crippen LogP contribution in [0.25, 0.3) is 0 Å². The van der Waals surface area contributed by atoms with Crippen LogP contribution in [0.3, 0.4) is 0 Å². The van der Waals surface area contributed by atoms with Gasteiger partial charge in [0.2, 0.25) is 0 Å². The summed E-state index contributed by atoms with van der Waals surface area (Å²) in [6.45, 7) is 1.81. The van der Waals surface area contributed by atoms with E-state index in [4.69, 9.17) is 4.74 Å². The Morgan fingerprint density at radius 1 is 1.08 bits per heavy atom. The van der Waals surface area contributed by atoms with Gasteiger partial charge in [-0.25, -0.2) is 8.42 Å². The van der Waals surface area contributed by atoms with Crippen molar-refractivity contribution in [2.45, 2.75) is 42.8 Å². The fraction of sp³-hybridized carbons (Fsp3) is 0.350. The minimum absolute atomic E-state index is 0.104. The van der Waals surface area contributed by atoms with E-state index in [1.165, 1.54) is 0 Å². The van der Waals surface area contributed by atoms with Crippen LogP contribution in [0.1, 0.15) is 31.2 Å². The lowest BCUT2D eigenvalue weighted by atomic mass is 10.2. The quantitative estimate of drug-likeness (QED) is 0.837. The smallest absolute Gasteiger partial charge is 0.262 e. The van der Waals surface area contributed by atoms with Crippen molar-refractivity contribution in [1.29, 1.82) is 0 Å². The van der Waals surface area contributed by atoms with Crippen LogP contribution in [-0.4, -0.2) is 26.2 Å². The molecule has 0 saturated heterocycles. The van der Waals surface area contributed by atoms with E-state index in [1.807, 2.05) is 31.2 Å². The molecule has 0 radical (unpaired) electrons. The average Bonchev–Trinajstić information content (AvgIpc) is 3.17. The molecule has 1 aliphatic carbocycles. The zero-order chi connectivity index (χ0) is 18.6. The molecular formula is C20H23NO4S. The fourth-order valence-electron chi connectivity index (χ4n) is 3.18. The number of rotatable bonds is 6. The number of para-hydroxylation sites is 1. The van der Waals surface area contributed by atoms with E-state index in [1.54, 1.807) is 24.3 Å². The predicted molar refractivity (Wildman–Crippen MR) is 101 cm³/mol. The summed E-state index contributed by atoms with van der Waals surface area (Å²) >= 11 is 0. The second kappa shape index (κ2) is 7.91. The normalized spacial score (nSPS) is 15.0. The minimum Gasteiger partial charge on any atom is -0.483 e. The maximum atomic E-state index is 12.6. The van der Waals surface area contributed by atoms with Gasteiger partial charge in [0.1, 0.15) is 5.75 Å². The third-order valence-electron chi connectivity index (χ3n) is 4.66. The number of sulfone groups is 1. The van der Waals surface area contributed by atoms with Gasteiger partial charge in [0.15, 0.2) is 16.4 Å². The van der Waals surface area contributed by atoms with Crippen molar-refractivity contribution in [1.82, 2.24) is 0 Å². The average molecular weight is 373 g/mol. The molecule has 0 unspecified atom stereocenters. The van der Waals surface area contributed by atoms with E-state index in [0.29, 0.717) is 16.3 Å². The molecule has 0 atom stereocenters. The lowest BCUT2D eigenvalue weighted by molar-refractivity contribution is -0.118. The summed E-state index contributed by atoms with van der Waals surface area (Å²) in [7, 11) is -3.27. The topological polar surface area (TPSA) is 72.5 Å². The molecule has 0 bridgehead atoms. The zero-order valence-corrected chi connectivity index (χ0v) is 15.6. The van der Waals surface area contributed by atoms with Crippen LogP contribution in [-0.2, 0) is 14.6 Å². The van der Waals surface area contributed by atoms with Crippen molar-refractivity contribution >= 4 is 21.4 Å². The number of amides is 1. The van der Waals surface area contributed by atoms with Gasteiger partial charge in [-0.1, -0.05) is 31.0 Å². The van der Waals surface area contributed by atoms with E-state index in [2.05, 4.69) is 5.32 Å². The number of carbonyl (C=O) groups is 1. The molecular weight excluding hydrogens is 350 g/mol. The molecule has 3 rings (SSSR count). The number of carbonyl (C=O) groups excluding carboxylic acids is 1. The summed E-state index contributed by atoms with van der Waals surface area (Å²) in [5.74, 6) is 0.375. The molecule has 1 saturated carbocycles. The lowest BCUT2D eigenvalue weighted by Gasteiger charge is -2.12. The number of hydrogen-bond acceptors (Lipinski definition) is 4. The first-order valence-electron chi connectivity index (χ1n) is 8.79. The van der Waals surface area contributed by atoms with Gasteiger partial charge >= 0.3 is 0 Å². The molecule has 2 aromatic rings. The Labute approximate surface area is 154 Å². The highest BCUT2D eigenvalue weighted by Crippen LogP contribution is 2.30. The van der Waals surface area contributed by atoms with E-state index in [-0.39, 0.29) is 17.8 Å². The van der Waals surface area contributed by atoms with E-state index < -0.39 is 9.84 Å². The highest BCUT2D eigenvalue weighted by Gasteiger charge is 2.30. The summed E-state index contributed by atoms with van der Waals surface area (Å²) in [5.41, 5.74) is 1.51. The highest BCUT2D eigenvalue weighted by molar-refractivity contribution is 7.92. The van der Waals surface area contributed by atoms with Gasteiger partial charge in [-0.2, -0.15) is 0 Å². The van der Waals surface area contributed by atoms with Crippen LogP contribution in [0.5, 0.6) is 5.75 Å². The summed E-state index contributed by atoms with van der Waals surface area (Å²) in [6, 6.07) is 13.8. The zero-order valence-electron chi connectivity index (χ0n) is 14.8. The van der Waals surface area contributed by atoms with Crippen molar-refractivity contribution in [2.75, 3.05) is 11.9 Å². The number of nitrogens with one attached hydrogen (secondary N) is 1. The highest BCUT2D eigenvalue weighted by atomic mass is 32.2. The molecule has 0 aromatic heterocycles. The molecule has 0 aliphatic heterocycles. The predicted octanol–water partition coefficient (Wildman–Crippen LogP) is 3.73. The Kier molecular flexibility index (Phi) is 5.61. The number of benzene rings is 2. The molecule has 1 fully saturated rings. The van der Waals surface area contributed by atoms with Crippen molar-refractivity contribution in [3.05, 3.63) is 54.1 Å². The van der Waals surface area contributed by atoms with Crippen LogP contribution >= 0.6 is 0 Å². The van der Waals surface area contributed by atoms with Gasteiger partial charge in [-0.05, 0) is 55.7 Å². The molecule has 5 nitrogen and oxygen atoms in total. The summed E-state index contributed by atoms with van der Waals surface area (Å²) in [5, 5.41) is 2.45. The molecule has 26 heavy (non-hydrogen) atoms. The minimum atomic E-state index is -3.27. The molecule has 2 aromatic carbocycles. The first-order valence-corrected chi connectivity index (χ1v) is 10.3. The number of hydrogen-bond donors (Lipinski definition) is 1. The van der Waals surface area contributed by atoms with Gasteiger partial charge in [0.25, 0.3) is 5.91 Å². The van der Waals surface area contributed by atoms with E-state index in [0.717, 1.165) is 31.2 Å². The van der Waals surface area contributed by atoms with Crippen LogP contribution in [0, 0.1) is 6.92 Å². The molecule has 0 heterocycles. The first-order chi connectivity index (χ1) is 12.5. The fourth-order valence-corrected chi connectivity index (χ4v) is 5.03. The number of anilines is 1. The third kappa shape index (κ3) is 4.25. The van der Waals surface area contributed by atoms with Gasteiger partial charge in [0, 0.05) is 5.69 Å². The van der Waals surface area contributed by atoms with Gasteiger partial charge in [-0.15, -0.1) is 0 Å². The van der Waals surface area contributed by atoms with Crippen LogP contribution in [0.4, 0.5) is 5.69 Å². The standard InChI is InChI=1S/C20H23NO4S/c1-15-6-2-5-9-19(15)25-14-20(22)21-16-10-12-18(13-11-16)26(23,24)17-7-3-4-8-17/h2,5-6,9-13,17H,3-4,7-8,14H2,1H3,(H,21,22). The van der Waals surface area contributed by atoms with E-state index in [9.17, 15) is 13.2 Å². The van der Waals surface area contributed by atoms with Crippen molar-refractivity contribution < 1.29 is 17.9 Å². The van der Waals surface area contributed by atoms with Gasteiger partial charge in [0.05, 0.1) is 10.1 Å². The Morgan fingerprint density at radius 3 is 2.38 bits per heavy atom. The first kappa shape index (κ1) is 18.5. The van der Waals surface area contributed by atoms with Crippen molar-refractivity contribution in [3.63, 3.8) is 0 Å². The molecule has 0 spiro atoms. The largest absolute Gasteiger partial charge is 0.483 e. The molecule has 1 aliphatic rings. The van der Waals surface area contributed by atoms with Crippen molar-refractivity contribution in [2.24, 2.45) is 0 Å². The summed E-state index contributed by atoms with van der Waals surface area (Å²) in [6.07, 6.45) is 3.41. The summed E-state index contributed by atoms with van der Waals surface area (Å²) in [4.78, 5) is 12.4. The Morgan fingerprint density at radius 2 is 1.73 bits per heavy atom. The second-order valence-corrected chi connectivity index (χ2v) is 8.81. The third-order valence-corrected chi connectivity index (χ3v) is 6.94. The molecule has 1 amide bonds. The molecule has 138 valence electrons. The second-order valence-electron chi connectivity index (χ2n) is 6.58. The Hall–Kier alpha value is -2.34. The maximum absolute atomic E-state index is 12.6. The lowest BCUT2D eigenvalue weighted by Crippen LogP contribution is -2.21. The van der Waals surface area contributed by atoms with Crippen LogP contribution in [0.15, 0.2) is 53.4 Å². The SMILES string of the molecule is Cc1ccccc1OCC(=O)Nc1ccc(S(=O)(=O)C2CCCC2)cc1. The Bertz CT molecular complexity index is 869. The molecule has 1 N–H and O–H groups in total. The maximum Gasteiger partial charge on any atom is 0.262 e. The number of ether oxygens (including phenoxy) is 1. The van der Waals surface area contributed by atoms with Crippen LogP contribution < -0.4 is 10.1 Å². The van der Waals surface area contributed by atoms with Gasteiger partial charge < -0.3 is 10.1 Å². The Balaban J connectivity index is 1.58.